The van der Waals surface area contributed by atoms with Gasteiger partial charge in [-0.2, -0.15) is 0 Å². The van der Waals surface area contributed by atoms with E-state index < -0.39 is 5.54 Å². The highest BCUT2D eigenvalue weighted by Crippen LogP contribution is 2.38. The molecule has 5 rings (SSSR count). The van der Waals surface area contributed by atoms with Gasteiger partial charge >= 0.3 is 0 Å². The summed E-state index contributed by atoms with van der Waals surface area (Å²) in [4.78, 5) is 37.7. The van der Waals surface area contributed by atoms with Crippen molar-refractivity contribution in [2.24, 2.45) is 0 Å². The molecule has 0 bridgehead atoms. The summed E-state index contributed by atoms with van der Waals surface area (Å²) in [5.74, 6) is 0.516. The molecule has 0 radical (unpaired) electrons. The molecular weight excluding hydrogens is 382 g/mol. The highest BCUT2D eigenvalue weighted by Gasteiger charge is 2.49. The minimum absolute atomic E-state index is 0.0479. The highest BCUT2D eigenvalue weighted by molar-refractivity contribution is 5.92. The lowest BCUT2D eigenvalue weighted by molar-refractivity contribution is -0.146. The maximum absolute atomic E-state index is 12.7. The number of likely N-dealkylation sites (tertiary alicyclic amines) is 1. The summed E-state index contributed by atoms with van der Waals surface area (Å²) >= 11 is 0. The Morgan fingerprint density at radius 2 is 1.93 bits per heavy atom. The van der Waals surface area contributed by atoms with Crippen LogP contribution in [0.15, 0.2) is 42.7 Å². The van der Waals surface area contributed by atoms with E-state index in [1.54, 1.807) is 12.4 Å². The largest absolute Gasteiger partial charge is 0.364 e. The van der Waals surface area contributed by atoms with Crippen LogP contribution in [0, 0.1) is 0 Å². The molecular formula is C22H25N5O3. The second-order valence-electron chi connectivity index (χ2n) is 8.14. The second-order valence-corrected chi connectivity index (χ2v) is 8.14. The molecule has 0 spiro atoms. The average Bonchev–Trinajstić information content (AvgIpc) is 3.34. The van der Waals surface area contributed by atoms with Crippen molar-refractivity contribution in [1.29, 1.82) is 0 Å². The van der Waals surface area contributed by atoms with Crippen LogP contribution in [-0.2, 0) is 15.1 Å². The molecule has 0 saturated carbocycles. The van der Waals surface area contributed by atoms with Crippen LogP contribution < -0.4 is 10.2 Å². The van der Waals surface area contributed by atoms with Gasteiger partial charge in [-0.1, -0.05) is 30.3 Å². The van der Waals surface area contributed by atoms with Gasteiger partial charge in [0.1, 0.15) is 24.2 Å². The molecule has 3 aliphatic rings. The molecule has 0 aliphatic carbocycles. The predicted octanol–water partition coefficient (Wildman–Crippen LogP) is 1.33. The van der Waals surface area contributed by atoms with E-state index in [1.807, 2.05) is 35.2 Å². The molecule has 2 aromatic rings. The molecule has 156 valence electrons. The predicted molar refractivity (Wildman–Crippen MR) is 110 cm³/mol. The Balaban J connectivity index is 1.39. The van der Waals surface area contributed by atoms with Gasteiger partial charge in [0.25, 0.3) is 5.91 Å². The van der Waals surface area contributed by atoms with Crippen molar-refractivity contribution >= 4 is 17.6 Å². The topological polar surface area (TPSA) is 87.7 Å². The van der Waals surface area contributed by atoms with Crippen LogP contribution in [0.5, 0.6) is 0 Å². The number of fused-ring (bicyclic) bond motifs is 1. The Bertz CT molecular complexity index is 947. The lowest BCUT2D eigenvalue weighted by Gasteiger charge is -2.50. The van der Waals surface area contributed by atoms with Crippen molar-refractivity contribution in [1.82, 2.24) is 20.2 Å². The van der Waals surface area contributed by atoms with Crippen LogP contribution in [0.4, 0.5) is 5.82 Å². The minimum atomic E-state index is -0.552. The molecule has 4 heterocycles. The fraction of sp³-hybridized carbons (Fsp3) is 0.455. The number of aromatic nitrogens is 2. The first-order chi connectivity index (χ1) is 14.7. The van der Waals surface area contributed by atoms with E-state index >= 15 is 0 Å². The fourth-order valence-corrected chi connectivity index (χ4v) is 4.76. The maximum Gasteiger partial charge on any atom is 0.274 e. The summed E-state index contributed by atoms with van der Waals surface area (Å²) in [6.07, 6.45) is 5.77. The Morgan fingerprint density at radius 3 is 2.73 bits per heavy atom. The number of anilines is 1. The molecule has 2 atom stereocenters. The monoisotopic (exact) mass is 407 g/mol. The van der Waals surface area contributed by atoms with Gasteiger partial charge in [0, 0.05) is 26.2 Å². The highest BCUT2D eigenvalue weighted by atomic mass is 16.5. The Morgan fingerprint density at radius 1 is 1.13 bits per heavy atom. The van der Waals surface area contributed by atoms with E-state index in [-0.39, 0.29) is 24.5 Å². The number of carbonyl (C=O) groups is 2. The van der Waals surface area contributed by atoms with Gasteiger partial charge in [0.2, 0.25) is 5.91 Å². The third-order valence-electron chi connectivity index (χ3n) is 6.34. The van der Waals surface area contributed by atoms with Gasteiger partial charge < -0.3 is 19.9 Å². The SMILES string of the molecule is O=C1CO[C@@H]2CN(c3cncc(C(=O)N4CCCC4)n3)CC[C@@]2(c2ccccc2)N1. The number of carbonyl (C=O) groups excluding carboxylic acids is 2. The van der Waals surface area contributed by atoms with Gasteiger partial charge in [-0.25, -0.2) is 4.98 Å². The van der Waals surface area contributed by atoms with E-state index in [9.17, 15) is 9.59 Å². The van der Waals surface area contributed by atoms with Crippen LogP contribution in [0.3, 0.4) is 0 Å². The van der Waals surface area contributed by atoms with Crippen LogP contribution in [0.25, 0.3) is 0 Å². The zero-order valence-electron chi connectivity index (χ0n) is 16.8. The van der Waals surface area contributed by atoms with Crippen LogP contribution >= 0.6 is 0 Å². The zero-order chi connectivity index (χ0) is 20.6. The number of ether oxygens (including phenoxy) is 1. The van der Waals surface area contributed by atoms with Gasteiger partial charge in [0.15, 0.2) is 0 Å². The van der Waals surface area contributed by atoms with Crippen molar-refractivity contribution in [3.63, 3.8) is 0 Å². The summed E-state index contributed by atoms with van der Waals surface area (Å²) in [6, 6.07) is 9.99. The Kier molecular flexibility index (Phi) is 4.86. The summed E-state index contributed by atoms with van der Waals surface area (Å²) in [5.41, 5.74) is 0.877. The molecule has 1 N–H and O–H groups in total. The molecule has 8 nitrogen and oxygen atoms in total. The van der Waals surface area contributed by atoms with Gasteiger partial charge in [0.05, 0.1) is 17.9 Å². The molecule has 8 heteroatoms. The van der Waals surface area contributed by atoms with Crippen molar-refractivity contribution < 1.29 is 14.3 Å². The van der Waals surface area contributed by atoms with Crippen molar-refractivity contribution in [2.45, 2.75) is 30.9 Å². The fourth-order valence-electron chi connectivity index (χ4n) is 4.76. The number of piperidine rings is 1. The average molecular weight is 407 g/mol. The third-order valence-corrected chi connectivity index (χ3v) is 6.34. The normalized spacial score (nSPS) is 26.3. The number of hydrogen-bond donors (Lipinski definition) is 1. The molecule has 30 heavy (non-hydrogen) atoms. The molecule has 2 amide bonds. The Labute approximate surface area is 175 Å². The quantitative estimate of drug-likeness (QED) is 0.826. The Hall–Kier alpha value is -3.00. The lowest BCUT2D eigenvalue weighted by Crippen LogP contribution is -2.66. The first-order valence-corrected chi connectivity index (χ1v) is 10.5. The summed E-state index contributed by atoms with van der Waals surface area (Å²) in [6.45, 7) is 2.84. The van der Waals surface area contributed by atoms with Gasteiger partial charge in [-0.15, -0.1) is 0 Å². The molecule has 3 saturated heterocycles. The number of morpholine rings is 1. The van der Waals surface area contributed by atoms with Crippen molar-refractivity contribution in [2.75, 3.05) is 37.7 Å². The van der Waals surface area contributed by atoms with Crippen LogP contribution in [-0.4, -0.2) is 65.6 Å². The second kappa shape index (κ2) is 7.68. The number of rotatable bonds is 3. The van der Waals surface area contributed by atoms with E-state index in [0.717, 1.165) is 31.5 Å². The van der Waals surface area contributed by atoms with Crippen molar-refractivity contribution in [3.05, 3.63) is 54.0 Å². The van der Waals surface area contributed by atoms with Crippen LogP contribution in [0.2, 0.25) is 0 Å². The van der Waals surface area contributed by atoms with E-state index in [4.69, 9.17) is 4.74 Å². The van der Waals surface area contributed by atoms with E-state index in [1.165, 1.54) is 0 Å². The molecule has 3 aliphatic heterocycles. The van der Waals surface area contributed by atoms with Crippen molar-refractivity contribution in [3.8, 4) is 0 Å². The first-order valence-electron chi connectivity index (χ1n) is 10.5. The standard InChI is InChI=1S/C22H25N5O3/c28-20-15-30-18-14-27(11-8-22(18,25-20)16-6-2-1-3-7-16)19-13-23-12-17(24-19)21(29)26-9-4-5-10-26/h1-3,6-7,12-13,18H,4-5,8-11,14-15H2,(H,25,28)/t18-,22+/m1/s1. The lowest BCUT2D eigenvalue weighted by atomic mass is 9.77. The van der Waals surface area contributed by atoms with E-state index in [0.29, 0.717) is 31.0 Å². The first kappa shape index (κ1) is 19.0. The minimum Gasteiger partial charge on any atom is -0.364 e. The molecule has 1 aromatic carbocycles. The smallest absolute Gasteiger partial charge is 0.274 e. The number of hydrogen-bond acceptors (Lipinski definition) is 6. The van der Waals surface area contributed by atoms with Crippen LogP contribution in [0.1, 0.15) is 35.3 Å². The zero-order valence-corrected chi connectivity index (χ0v) is 16.8. The molecule has 1 aromatic heterocycles. The van der Waals surface area contributed by atoms with Gasteiger partial charge in [-0.05, 0) is 24.8 Å². The molecule has 0 unspecified atom stereocenters. The van der Waals surface area contributed by atoms with Gasteiger partial charge in [-0.3, -0.25) is 14.6 Å². The number of amides is 2. The number of nitrogens with zero attached hydrogens (tertiary/aromatic N) is 4. The summed E-state index contributed by atoms with van der Waals surface area (Å²) in [7, 11) is 0. The maximum atomic E-state index is 12.7. The summed E-state index contributed by atoms with van der Waals surface area (Å²) in [5, 5.41) is 3.20. The molecule has 3 fully saturated rings. The number of benzene rings is 1. The van der Waals surface area contributed by atoms with E-state index in [2.05, 4.69) is 20.2 Å². The third kappa shape index (κ3) is 3.31. The number of nitrogens with one attached hydrogen (secondary N) is 1. The summed E-state index contributed by atoms with van der Waals surface area (Å²) < 4.78 is 5.99.